The van der Waals surface area contributed by atoms with Gasteiger partial charge in [-0.25, -0.2) is 9.97 Å². The van der Waals surface area contributed by atoms with Crippen molar-refractivity contribution in [3.63, 3.8) is 0 Å². The molecular weight excluding hydrogens is 294 g/mol. The summed E-state index contributed by atoms with van der Waals surface area (Å²) in [4.78, 5) is 8.94. The van der Waals surface area contributed by atoms with E-state index < -0.39 is 0 Å². The van der Waals surface area contributed by atoms with E-state index in [1.165, 1.54) is 18.5 Å². The summed E-state index contributed by atoms with van der Waals surface area (Å²) >= 11 is 1.62. The summed E-state index contributed by atoms with van der Waals surface area (Å²) in [6, 6.07) is 0.526. The van der Waals surface area contributed by atoms with E-state index in [9.17, 15) is 0 Å². The van der Waals surface area contributed by atoms with Gasteiger partial charge in [-0.05, 0) is 30.7 Å². The van der Waals surface area contributed by atoms with E-state index in [-0.39, 0.29) is 5.41 Å². The molecule has 5 nitrogen and oxygen atoms in total. The zero-order valence-electron chi connectivity index (χ0n) is 13.5. The monoisotopic (exact) mass is 317 g/mol. The maximum absolute atomic E-state index is 6.37. The SMILES string of the molecule is Cc1cnc(NC2CC2)nc1/C(N)=C1/NC(C(C)(C)C)=CS1. The quantitative estimate of drug-likeness (QED) is 0.795. The van der Waals surface area contributed by atoms with Crippen LogP contribution in [0.1, 0.15) is 44.9 Å². The van der Waals surface area contributed by atoms with Crippen LogP contribution >= 0.6 is 11.8 Å². The van der Waals surface area contributed by atoms with E-state index in [2.05, 4.69) is 46.8 Å². The molecule has 118 valence electrons. The Balaban J connectivity index is 1.85. The van der Waals surface area contributed by atoms with Gasteiger partial charge in [0.25, 0.3) is 0 Å². The standard InChI is InChI=1S/C16H23N5S/c1-9-7-18-15(19-10-5-6-10)21-13(9)12(17)14-20-11(8-22-14)16(2,3)4/h7-8,10,20H,5-6,17H2,1-4H3,(H,18,19,21)/b14-12+. The maximum atomic E-state index is 6.37. The van der Waals surface area contributed by atoms with Crippen LogP contribution in [-0.4, -0.2) is 16.0 Å². The van der Waals surface area contributed by atoms with Crippen LogP contribution in [0.5, 0.6) is 0 Å². The molecule has 0 bridgehead atoms. The third-order valence-corrected chi connectivity index (χ3v) is 4.64. The number of allylic oxidation sites excluding steroid dienone is 1. The van der Waals surface area contributed by atoms with Gasteiger partial charge >= 0.3 is 0 Å². The second kappa shape index (κ2) is 5.50. The van der Waals surface area contributed by atoms with Gasteiger partial charge in [0.15, 0.2) is 0 Å². The van der Waals surface area contributed by atoms with E-state index in [0.29, 0.717) is 17.7 Å². The molecule has 4 N–H and O–H groups in total. The van der Waals surface area contributed by atoms with E-state index in [0.717, 1.165) is 16.3 Å². The number of hydrogen-bond donors (Lipinski definition) is 3. The first-order valence-corrected chi connectivity index (χ1v) is 8.47. The zero-order valence-corrected chi connectivity index (χ0v) is 14.3. The Bertz CT molecular complexity index is 653. The summed E-state index contributed by atoms with van der Waals surface area (Å²) in [7, 11) is 0. The molecule has 3 rings (SSSR count). The molecule has 2 aliphatic rings. The lowest BCUT2D eigenvalue weighted by Gasteiger charge is -2.21. The molecule has 1 aliphatic heterocycles. The Morgan fingerprint density at radius 2 is 2.14 bits per heavy atom. The van der Waals surface area contributed by atoms with Gasteiger partial charge in [-0.3, -0.25) is 0 Å². The molecule has 0 radical (unpaired) electrons. The molecule has 0 amide bonds. The molecule has 22 heavy (non-hydrogen) atoms. The number of aryl methyl sites for hydroxylation is 1. The van der Waals surface area contributed by atoms with Crippen molar-refractivity contribution in [2.75, 3.05) is 5.32 Å². The molecule has 1 saturated carbocycles. The van der Waals surface area contributed by atoms with Gasteiger partial charge in [0.1, 0.15) is 5.03 Å². The number of nitrogens with zero attached hydrogens (tertiary/aromatic N) is 2. The van der Waals surface area contributed by atoms with E-state index in [4.69, 9.17) is 5.73 Å². The first-order valence-electron chi connectivity index (χ1n) is 7.59. The molecule has 2 heterocycles. The summed E-state index contributed by atoms with van der Waals surface area (Å²) in [6.07, 6.45) is 4.22. The van der Waals surface area contributed by atoms with E-state index >= 15 is 0 Å². The molecule has 1 fully saturated rings. The second-order valence-corrected chi connectivity index (χ2v) is 7.79. The zero-order chi connectivity index (χ0) is 15.9. The third kappa shape index (κ3) is 3.21. The molecule has 6 heteroatoms. The minimum Gasteiger partial charge on any atom is -0.395 e. The summed E-state index contributed by atoms with van der Waals surface area (Å²) in [5.74, 6) is 0.665. The molecule has 0 atom stereocenters. The first-order chi connectivity index (χ1) is 10.3. The lowest BCUT2D eigenvalue weighted by Crippen LogP contribution is -2.21. The van der Waals surface area contributed by atoms with Crippen molar-refractivity contribution in [1.82, 2.24) is 15.3 Å². The predicted molar refractivity (Wildman–Crippen MR) is 92.8 cm³/mol. The molecule has 0 spiro atoms. The minimum atomic E-state index is 0.0778. The number of anilines is 1. The van der Waals surface area contributed by atoms with Crippen molar-refractivity contribution in [2.45, 2.75) is 46.6 Å². The predicted octanol–water partition coefficient (Wildman–Crippen LogP) is 3.17. The molecule has 0 saturated heterocycles. The topological polar surface area (TPSA) is 75.9 Å². The molecule has 1 aromatic rings. The summed E-state index contributed by atoms with van der Waals surface area (Å²) in [5.41, 5.74) is 10.1. The summed E-state index contributed by atoms with van der Waals surface area (Å²) in [5, 5.41) is 9.82. The van der Waals surface area contributed by atoms with Crippen molar-refractivity contribution in [3.8, 4) is 0 Å². The average molecular weight is 317 g/mol. The van der Waals surface area contributed by atoms with Gasteiger partial charge < -0.3 is 16.4 Å². The third-order valence-electron chi connectivity index (χ3n) is 3.73. The fourth-order valence-corrected chi connectivity index (χ4v) is 3.14. The highest BCUT2D eigenvalue weighted by Crippen LogP contribution is 2.37. The summed E-state index contributed by atoms with van der Waals surface area (Å²) in [6.45, 7) is 8.53. The minimum absolute atomic E-state index is 0.0778. The molecule has 1 aromatic heterocycles. The highest BCUT2D eigenvalue weighted by molar-refractivity contribution is 8.06. The van der Waals surface area contributed by atoms with Crippen LogP contribution in [0, 0.1) is 12.3 Å². The molecule has 1 aliphatic carbocycles. The summed E-state index contributed by atoms with van der Waals surface area (Å²) < 4.78 is 0. The van der Waals surface area contributed by atoms with Gasteiger partial charge in [0.2, 0.25) is 5.95 Å². The van der Waals surface area contributed by atoms with Gasteiger partial charge in [-0.2, -0.15) is 0 Å². The van der Waals surface area contributed by atoms with Crippen molar-refractivity contribution >= 4 is 23.4 Å². The Morgan fingerprint density at radius 1 is 1.41 bits per heavy atom. The highest BCUT2D eigenvalue weighted by Gasteiger charge is 2.25. The van der Waals surface area contributed by atoms with Crippen LogP contribution in [0.3, 0.4) is 0 Å². The Hall–Kier alpha value is -1.69. The largest absolute Gasteiger partial charge is 0.395 e. The van der Waals surface area contributed by atoms with Crippen LogP contribution in [0.4, 0.5) is 5.95 Å². The first kappa shape index (κ1) is 15.2. The average Bonchev–Trinajstić information content (AvgIpc) is 3.11. The van der Waals surface area contributed by atoms with Crippen LogP contribution in [0.25, 0.3) is 5.70 Å². The van der Waals surface area contributed by atoms with E-state index in [1.807, 2.05) is 13.1 Å². The number of nitrogens with two attached hydrogens (primary N) is 1. The van der Waals surface area contributed by atoms with Crippen molar-refractivity contribution in [3.05, 3.63) is 33.6 Å². The number of nitrogens with one attached hydrogen (secondary N) is 2. The van der Waals surface area contributed by atoms with Gasteiger partial charge in [0.05, 0.1) is 11.4 Å². The van der Waals surface area contributed by atoms with Crippen LogP contribution < -0.4 is 16.4 Å². The normalized spacial score (nSPS) is 20.5. The number of hydrogen-bond acceptors (Lipinski definition) is 6. The van der Waals surface area contributed by atoms with Gasteiger partial charge in [-0.1, -0.05) is 32.5 Å². The van der Waals surface area contributed by atoms with Gasteiger partial charge in [0, 0.05) is 23.4 Å². The molecule has 0 unspecified atom stereocenters. The Labute approximate surface area is 135 Å². The lowest BCUT2D eigenvalue weighted by molar-refractivity contribution is 0.481. The maximum Gasteiger partial charge on any atom is 0.223 e. The fraction of sp³-hybridized carbons (Fsp3) is 0.500. The van der Waals surface area contributed by atoms with Crippen molar-refractivity contribution < 1.29 is 0 Å². The number of aromatic nitrogens is 2. The highest BCUT2D eigenvalue weighted by atomic mass is 32.2. The molecular formula is C16H23N5S. The Morgan fingerprint density at radius 3 is 2.73 bits per heavy atom. The van der Waals surface area contributed by atoms with E-state index in [1.54, 1.807) is 11.8 Å². The van der Waals surface area contributed by atoms with Crippen LogP contribution in [0.2, 0.25) is 0 Å². The van der Waals surface area contributed by atoms with Gasteiger partial charge in [-0.15, -0.1) is 0 Å². The lowest BCUT2D eigenvalue weighted by atomic mass is 9.93. The smallest absolute Gasteiger partial charge is 0.223 e. The van der Waals surface area contributed by atoms with Crippen molar-refractivity contribution in [1.29, 1.82) is 0 Å². The fourth-order valence-electron chi connectivity index (χ4n) is 2.10. The Kier molecular flexibility index (Phi) is 3.80. The second-order valence-electron chi connectivity index (χ2n) is 6.91. The molecule has 0 aromatic carbocycles. The van der Waals surface area contributed by atoms with Crippen LogP contribution in [-0.2, 0) is 0 Å². The number of rotatable bonds is 3. The number of thioether (sulfide) groups is 1. The van der Waals surface area contributed by atoms with Crippen molar-refractivity contribution in [2.24, 2.45) is 11.1 Å². The van der Waals surface area contributed by atoms with Crippen LogP contribution in [0.15, 0.2) is 22.3 Å².